The molecular weight excluding hydrogens is 490 g/mol. The van der Waals surface area contributed by atoms with Gasteiger partial charge < -0.3 is 19.9 Å². The summed E-state index contributed by atoms with van der Waals surface area (Å²) in [6, 6.07) is 6.00. The van der Waals surface area contributed by atoms with Crippen LogP contribution in [0.3, 0.4) is 0 Å². The van der Waals surface area contributed by atoms with Crippen LogP contribution in [0.5, 0.6) is 0 Å². The highest BCUT2D eigenvalue weighted by Crippen LogP contribution is 2.36. The fourth-order valence-electron chi connectivity index (χ4n) is 6.39. The summed E-state index contributed by atoms with van der Waals surface area (Å²) >= 11 is 6.47. The number of rotatable bonds is 5. The van der Waals surface area contributed by atoms with Crippen LogP contribution in [-0.2, 0) is 16.1 Å². The fourth-order valence-corrected chi connectivity index (χ4v) is 6.59. The number of carbonyl (C=O) groups excluding carboxylic acids is 2. The number of fused-ring (bicyclic) bond motifs is 2. The van der Waals surface area contributed by atoms with Crippen molar-refractivity contribution in [2.75, 3.05) is 38.2 Å². The van der Waals surface area contributed by atoms with Gasteiger partial charge in [0.15, 0.2) is 0 Å². The van der Waals surface area contributed by atoms with Gasteiger partial charge in [0.2, 0.25) is 11.9 Å². The van der Waals surface area contributed by atoms with Crippen molar-refractivity contribution in [3.05, 3.63) is 40.5 Å². The van der Waals surface area contributed by atoms with E-state index in [0.29, 0.717) is 34.7 Å². The number of nitrogens with one attached hydrogen (secondary N) is 1. The Kier molecular flexibility index (Phi) is 7.04. The van der Waals surface area contributed by atoms with Crippen molar-refractivity contribution in [1.82, 2.24) is 19.8 Å². The number of nitrogens with zero attached hydrogens (tertiary/aromatic N) is 4. The topological polar surface area (TPSA) is 87.7 Å². The maximum absolute atomic E-state index is 13.3. The first kappa shape index (κ1) is 24.6. The van der Waals surface area contributed by atoms with E-state index in [0.717, 1.165) is 62.6 Å². The molecule has 0 spiro atoms. The first-order chi connectivity index (χ1) is 18.0. The molecule has 0 bridgehead atoms. The van der Waals surface area contributed by atoms with Crippen molar-refractivity contribution in [3.8, 4) is 11.3 Å². The molecule has 8 nitrogen and oxygen atoms in total. The second-order valence-electron chi connectivity index (χ2n) is 10.9. The summed E-state index contributed by atoms with van der Waals surface area (Å²) in [4.78, 5) is 39.1. The van der Waals surface area contributed by atoms with Crippen molar-refractivity contribution in [3.63, 3.8) is 0 Å². The van der Waals surface area contributed by atoms with Crippen LogP contribution >= 0.6 is 11.6 Å². The highest BCUT2D eigenvalue weighted by atomic mass is 35.5. The van der Waals surface area contributed by atoms with E-state index < -0.39 is 0 Å². The molecule has 1 aliphatic carbocycles. The molecular formula is C28H34ClN5O3. The highest BCUT2D eigenvalue weighted by molar-refractivity contribution is 6.33. The smallest absolute Gasteiger partial charge is 0.254 e. The minimum Gasteiger partial charge on any atom is -0.381 e. The highest BCUT2D eigenvalue weighted by Gasteiger charge is 2.35. The molecule has 3 aliphatic heterocycles. The zero-order valence-electron chi connectivity index (χ0n) is 21.1. The number of benzene rings is 1. The lowest BCUT2D eigenvalue weighted by Crippen LogP contribution is -2.48. The standard InChI is InChI=1S/C28H34ClN5O3/c29-24-14-30-28(31-22-8-11-37-12-9-22)32-26(24)19-5-6-21-16-34(27(36)23(21)13-19)17-25(35)33-10-7-18-3-1-2-4-20(18)15-33/h5-6,13-14,18,20,22H,1-4,7-12,15-17H2,(H,30,31,32)/t18-,20+/m1/s1. The molecule has 2 aromatic rings. The molecule has 4 aliphatic rings. The van der Waals surface area contributed by atoms with Crippen LogP contribution in [-0.4, -0.2) is 70.5 Å². The first-order valence-electron chi connectivity index (χ1n) is 13.6. The van der Waals surface area contributed by atoms with Crippen molar-refractivity contribution in [2.24, 2.45) is 11.8 Å². The number of likely N-dealkylation sites (tertiary alicyclic amines) is 1. The molecule has 6 rings (SSSR count). The molecule has 37 heavy (non-hydrogen) atoms. The quantitative estimate of drug-likeness (QED) is 0.625. The monoisotopic (exact) mass is 523 g/mol. The largest absolute Gasteiger partial charge is 0.381 e. The van der Waals surface area contributed by atoms with E-state index in [4.69, 9.17) is 16.3 Å². The number of ether oxygens (including phenoxy) is 1. The van der Waals surface area contributed by atoms with Gasteiger partial charge >= 0.3 is 0 Å². The summed E-state index contributed by atoms with van der Waals surface area (Å²) in [5.74, 6) is 1.88. The number of piperidine rings is 1. The molecule has 2 amide bonds. The molecule has 0 unspecified atom stereocenters. The summed E-state index contributed by atoms with van der Waals surface area (Å²) in [5, 5.41) is 3.81. The Bertz CT molecular complexity index is 1180. The van der Waals surface area contributed by atoms with Crippen LogP contribution in [0.15, 0.2) is 24.4 Å². The van der Waals surface area contributed by atoms with E-state index in [1.54, 1.807) is 11.1 Å². The number of hydrogen-bond acceptors (Lipinski definition) is 6. The first-order valence-corrected chi connectivity index (χ1v) is 14.0. The van der Waals surface area contributed by atoms with E-state index in [1.165, 1.54) is 25.7 Å². The van der Waals surface area contributed by atoms with Gasteiger partial charge in [-0.2, -0.15) is 0 Å². The minimum atomic E-state index is -0.108. The SMILES string of the molecule is O=C(CN1Cc2ccc(-c3nc(NC4CCOCC4)ncc3Cl)cc2C1=O)N1CC[C@H]2CCCC[C@H]2C1. The van der Waals surface area contributed by atoms with Gasteiger partial charge in [-0.1, -0.05) is 43.0 Å². The van der Waals surface area contributed by atoms with Crippen LogP contribution < -0.4 is 5.32 Å². The molecule has 0 radical (unpaired) electrons. The second kappa shape index (κ2) is 10.6. The van der Waals surface area contributed by atoms with E-state index in [-0.39, 0.29) is 24.4 Å². The van der Waals surface area contributed by atoms with Gasteiger partial charge in [0.05, 0.1) is 16.9 Å². The second-order valence-corrected chi connectivity index (χ2v) is 11.3. The molecule has 2 atom stereocenters. The Hall–Kier alpha value is -2.71. The third-order valence-corrected chi connectivity index (χ3v) is 8.81. The summed E-state index contributed by atoms with van der Waals surface area (Å²) in [7, 11) is 0. The molecule has 1 aromatic heterocycles. The number of aromatic nitrogens is 2. The Morgan fingerprint density at radius 2 is 1.92 bits per heavy atom. The van der Waals surface area contributed by atoms with Crippen LogP contribution in [0.25, 0.3) is 11.3 Å². The molecule has 196 valence electrons. The van der Waals surface area contributed by atoms with Gasteiger partial charge in [-0.3, -0.25) is 9.59 Å². The molecule has 2 saturated heterocycles. The Morgan fingerprint density at radius 3 is 2.76 bits per heavy atom. The number of halogens is 1. The Labute approximate surface area is 222 Å². The van der Waals surface area contributed by atoms with Gasteiger partial charge in [-0.05, 0) is 49.1 Å². The third-order valence-electron chi connectivity index (χ3n) is 8.53. The van der Waals surface area contributed by atoms with E-state index in [1.807, 2.05) is 23.1 Å². The lowest BCUT2D eigenvalue weighted by Gasteiger charge is -2.41. The number of carbonyl (C=O) groups is 2. The molecule has 1 aromatic carbocycles. The van der Waals surface area contributed by atoms with Crippen molar-refractivity contribution >= 4 is 29.4 Å². The van der Waals surface area contributed by atoms with Crippen molar-refractivity contribution in [1.29, 1.82) is 0 Å². The summed E-state index contributed by atoms with van der Waals surface area (Å²) in [5.41, 5.74) is 2.90. The predicted molar refractivity (Wildman–Crippen MR) is 141 cm³/mol. The van der Waals surface area contributed by atoms with Gasteiger partial charge in [0, 0.05) is 50.0 Å². The molecule has 3 fully saturated rings. The summed E-state index contributed by atoms with van der Waals surface area (Å²) in [6.45, 7) is 3.70. The van der Waals surface area contributed by atoms with Crippen LogP contribution in [0.4, 0.5) is 5.95 Å². The molecule has 9 heteroatoms. The van der Waals surface area contributed by atoms with E-state index in [2.05, 4.69) is 15.3 Å². The fraction of sp³-hybridized carbons (Fsp3) is 0.571. The van der Waals surface area contributed by atoms with Crippen LogP contribution in [0.2, 0.25) is 5.02 Å². The minimum absolute atomic E-state index is 0.0630. The van der Waals surface area contributed by atoms with Crippen LogP contribution in [0.1, 0.15) is 60.9 Å². The predicted octanol–water partition coefficient (Wildman–Crippen LogP) is 4.38. The maximum Gasteiger partial charge on any atom is 0.254 e. The molecule has 1 N–H and O–H groups in total. The number of amides is 2. The van der Waals surface area contributed by atoms with Gasteiger partial charge in [0.1, 0.15) is 6.54 Å². The van der Waals surface area contributed by atoms with Gasteiger partial charge in [-0.15, -0.1) is 0 Å². The summed E-state index contributed by atoms with van der Waals surface area (Å²) < 4.78 is 5.43. The Balaban J connectivity index is 1.14. The maximum atomic E-state index is 13.3. The zero-order chi connectivity index (χ0) is 25.4. The average molecular weight is 524 g/mol. The van der Waals surface area contributed by atoms with E-state index >= 15 is 0 Å². The van der Waals surface area contributed by atoms with E-state index in [9.17, 15) is 9.59 Å². The Morgan fingerprint density at radius 1 is 1.11 bits per heavy atom. The third kappa shape index (κ3) is 5.18. The summed E-state index contributed by atoms with van der Waals surface area (Å²) in [6.07, 6.45) is 9.63. The lowest BCUT2D eigenvalue weighted by molar-refractivity contribution is -0.135. The van der Waals surface area contributed by atoms with Gasteiger partial charge in [0.25, 0.3) is 5.91 Å². The molecule has 4 heterocycles. The molecule has 1 saturated carbocycles. The number of anilines is 1. The number of hydrogen-bond donors (Lipinski definition) is 1. The van der Waals surface area contributed by atoms with Crippen molar-refractivity contribution in [2.45, 2.75) is 57.5 Å². The van der Waals surface area contributed by atoms with Crippen LogP contribution in [0, 0.1) is 11.8 Å². The van der Waals surface area contributed by atoms with Gasteiger partial charge in [-0.25, -0.2) is 9.97 Å². The van der Waals surface area contributed by atoms with Crippen molar-refractivity contribution < 1.29 is 14.3 Å². The lowest BCUT2D eigenvalue weighted by atomic mass is 9.75. The average Bonchev–Trinajstić information content (AvgIpc) is 3.24. The normalized spacial score (nSPS) is 24.1. The zero-order valence-corrected chi connectivity index (χ0v) is 21.9.